The van der Waals surface area contributed by atoms with Crippen LogP contribution in [0.1, 0.15) is 5.56 Å². The maximum absolute atomic E-state index is 5.71. The van der Waals surface area contributed by atoms with Crippen molar-refractivity contribution in [2.45, 2.75) is 6.54 Å². The van der Waals surface area contributed by atoms with Crippen LogP contribution in [0.2, 0.25) is 0 Å². The average Bonchev–Trinajstić information content (AvgIpc) is 2.36. The van der Waals surface area contributed by atoms with Crippen molar-refractivity contribution in [3.05, 3.63) is 35.9 Å². The van der Waals surface area contributed by atoms with Crippen LogP contribution in [0.3, 0.4) is 0 Å². The molecular formula is C13H15NO2. The van der Waals surface area contributed by atoms with E-state index in [0.29, 0.717) is 6.54 Å². The summed E-state index contributed by atoms with van der Waals surface area (Å²) in [5, 5.41) is 2.23. The predicted octanol–water partition coefficient (Wildman–Crippen LogP) is 2.32. The summed E-state index contributed by atoms with van der Waals surface area (Å²) in [5.41, 5.74) is 6.82. The lowest BCUT2D eigenvalue weighted by Gasteiger charge is -2.11. The first-order chi connectivity index (χ1) is 7.80. The van der Waals surface area contributed by atoms with E-state index in [-0.39, 0.29) is 0 Å². The van der Waals surface area contributed by atoms with Gasteiger partial charge >= 0.3 is 0 Å². The highest BCUT2D eigenvalue weighted by Gasteiger charge is 2.07. The van der Waals surface area contributed by atoms with Crippen LogP contribution in [0, 0.1) is 0 Å². The summed E-state index contributed by atoms with van der Waals surface area (Å²) in [6, 6.07) is 9.99. The second-order valence-electron chi connectivity index (χ2n) is 3.55. The molecule has 0 aliphatic carbocycles. The molecule has 0 bridgehead atoms. The molecule has 2 N–H and O–H groups in total. The van der Waals surface area contributed by atoms with Gasteiger partial charge in [-0.05, 0) is 28.5 Å². The Hall–Kier alpha value is -1.74. The van der Waals surface area contributed by atoms with E-state index in [9.17, 15) is 0 Å². The predicted molar refractivity (Wildman–Crippen MR) is 64.9 cm³/mol. The fourth-order valence-corrected chi connectivity index (χ4v) is 1.85. The van der Waals surface area contributed by atoms with Crippen LogP contribution in [-0.4, -0.2) is 14.2 Å². The molecule has 2 aromatic rings. The van der Waals surface area contributed by atoms with Gasteiger partial charge in [-0.1, -0.05) is 18.2 Å². The minimum atomic E-state index is 0.521. The molecule has 2 aromatic carbocycles. The van der Waals surface area contributed by atoms with E-state index < -0.39 is 0 Å². The van der Waals surface area contributed by atoms with E-state index in [1.165, 1.54) is 0 Å². The van der Waals surface area contributed by atoms with Crippen LogP contribution in [0.25, 0.3) is 10.8 Å². The van der Waals surface area contributed by atoms with Crippen molar-refractivity contribution in [2.24, 2.45) is 5.73 Å². The van der Waals surface area contributed by atoms with Gasteiger partial charge in [-0.3, -0.25) is 0 Å². The van der Waals surface area contributed by atoms with E-state index in [1.54, 1.807) is 14.2 Å². The lowest BCUT2D eigenvalue weighted by molar-refractivity contribution is 0.356. The fourth-order valence-electron chi connectivity index (χ4n) is 1.85. The summed E-state index contributed by atoms with van der Waals surface area (Å²) in [5.74, 6) is 1.47. The molecule has 0 amide bonds. The van der Waals surface area contributed by atoms with E-state index in [1.807, 2.05) is 30.3 Å². The van der Waals surface area contributed by atoms with Crippen molar-refractivity contribution in [1.82, 2.24) is 0 Å². The Kier molecular flexibility index (Phi) is 2.97. The summed E-state index contributed by atoms with van der Waals surface area (Å²) in [6.07, 6.45) is 0. The lowest BCUT2D eigenvalue weighted by atomic mass is 10.0. The van der Waals surface area contributed by atoms with Gasteiger partial charge in [-0.25, -0.2) is 0 Å². The van der Waals surface area contributed by atoms with Crippen LogP contribution in [0.5, 0.6) is 11.5 Å². The second-order valence-corrected chi connectivity index (χ2v) is 3.55. The first-order valence-electron chi connectivity index (χ1n) is 5.14. The highest BCUT2D eigenvalue weighted by Crippen LogP contribution is 2.33. The number of nitrogens with two attached hydrogens (primary N) is 1. The van der Waals surface area contributed by atoms with Gasteiger partial charge in [-0.2, -0.15) is 0 Å². The van der Waals surface area contributed by atoms with Crippen LogP contribution in [-0.2, 0) is 6.54 Å². The first kappa shape index (κ1) is 10.8. The summed E-state index contributed by atoms with van der Waals surface area (Å²) in [4.78, 5) is 0. The maximum Gasteiger partial charge on any atom is 0.161 e. The molecule has 0 spiro atoms. The van der Waals surface area contributed by atoms with Gasteiger partial charge in [0.15, 0.2) is 11.5 Å². The van der Waals surface area contributed by atoms with E-state index in [0.717, 1.165) is 27.8 Å². The van der Waals surface area contributed by atoms with E-state index in [2.05, 4.69) is 0 Å². The number of benzene rings is 2. The zero-order chi connectivity index (χ0) is 11.5. The molecule has 0 aliphatic heterocycles. The number of methoxy groups -OCH3 is 2. The zero-order valence-electron chi connectivity index (χ0n) is 9.49. The average molecular weight is 217 g/mol. The molecule has 0 heterocycles. The molecule has 0 aliphatic rings. The monoisotopic (exact) mass is 217 g/mol. The molecule has 2 rings (SSSR count). The maximum atomic E-state index is 5.71. The number of hydrogen-bond donors (Lipinski definition) is 1. The summed E-state index contributed by atoms with van der Waals surface area (Å²) in [6.45, 7) is 0.521. The van der Waals surface area contributed by atoms with E-state index in [4.69, 9.17) is 15.2 Å². The number of rotatable bonds is 3. The van der Waals surface area contributed by atoms with Crippen LogP contribution in [0.15, 0.2) is 30.3 Å². The number of hydrogen-bond acceptors (Lipinski definition) is 3. The minimum absolute atomic E-state index is 0.521. The highest BCUT2D eigenvalue weighted by atomic mass is 16.5. The Morgan fingerprint density at radius 2 is 1.75 bits per heavy atom. The summed E-state index contributed by atoms with van der Waals surface area (Å²) >= 11 is 0. The van der Waals surface area contributed by atoms with Gasteiger partial charge in [0, 0.05) is 6.54 Å². The van der Waals surface area contributed by atoms with Crippen LogP contribution >= 0.6 is 0 Å². The molecule has 3 nitrogen and oxygen atoms in total. The van der Waals surface area contributed by atoms with Gasteiger partial charge < -0.3 is 15.2 Å². The highest BCUT2D eigenvalue weighted by molar-refractivity contribution is 5.89. The largest absolute Gasteiger partial charge is 0.493 e. The van der Waals surface area contributed by atoms with Crippen molar-refractivity contribution in [1.29, 1.82) is 0 Å². The second kappa shape index (κ2) is 4.41. The summed E-state index contributed by atoms with van der Waals surface area (Å²) < 4.78 is 10.5. The van der Waals surface area contributed by atoms with Crippen molar-refractivity contribution < 1.29 is 9.47 Å². The third-order valence-corrected chi connectivity index (χ3v) is 2.69. The van der Waals surface area contributed by atoms with Crippen molar-refractivity contribution in [3.63, 3.8) is 0 Å². The molecule has 16 heavy (non-hydrogen) atoms. The number of fused-ring (bicyclic) bond motifs is 1. The normalized spacial score (nSPS) is 10.4. The summed E-state index contributed by atoms with van der Waals surface area (Å²) in [7, 11) is 3.27. The minimum Gasteiger partial charge on any atom is -0.493 e. The Balaban J connectivity index is 2.72. The van der Waals surface area contributed by atoms with Crippen molar-refractivity contribution in [3.8, 4) is 11.5 Å². The Morgan fingerprint density at radius 3 is 2.38 bits per heavy atom. The lowest BCUT2D eigenvalue weighted by Crippen LogP contribution is -1.98. The van der Waals surface area contributed by atoms with Crippen LogP contribution < -0.4 is 15.2 Å². The molecule has 0 unspecified atom stereocenters. The Morgan fingerprint density at radius 1 is 1.06 bits per heavy atom. The van der Waals surface area contributed by atoms with Crippen molar-refractivity contribution in [2.75, 3.05) is 14.2 Å². The molecular weight excluding hydrogens is 202 g/mol. The molecule has 0 saturated heterocycles. The quantitative estimate of drug-likeness (QED) is 0.858. The van der Waals surface area contributed by atoms with Gasteiger partial charge in [0.1, 0.15) is 0 Å². The fraction of sp³-hybridized carbons (Fsp3) is 0.231. The Bertz CT molecular complexity index is 509. The Labute approximate surface area is 94.8 Å². The van der Waals surface area contributed by atoms with Gasteiger partial charge in [-0.15, -0.1) is 0 Å². The van der Waals surface area contributed by atoms with E-state index >= 15 is 0 Å². The standard InChI is InChI=1S/C13H15NO2/c1-15-12-6-9-4-3-5-10(8-14)11(9)7-13(12)16-2/h3-7H,8,14H2,1-2H3. The molecule has 0 atom stereocenters. The molecule has 0 aromatic heterocycles. The third-order valence-electron chi connectivity index (χ3n) is 2.69. The molecule has 0 radical (unpaired) electrons. The van der Waals surface area contributed by atoms with Gasteiger partial charge in [0.2, 0.25) is 0 Å². The van der Waals surface area contributed by atoms with Crippen molar-refractivity contribution >= 4 is 10.8 Å². The first-order valence-corrected chi connectivity index (χ1v) is 5.14. The van der Waals surface area contributed by atoms with Gasteiger partial charge in [0.05, 0.1) is 14.2 Å². The molecule has 0 saturated carbocycles. The van der Waals surface area contributed by atoms with Gasteiger partial charge in [0.25, 0.3) is 0 Å². The topological polar surface area (TPSA) is 44.5 Å². The molecule has 3 heteroatoms. The number of ether oxygens (including phenoxy) is 2. The van der Waals surface area contributed by atoms with Crippen LogP contribution in [0.4, 0.5) is 0 Å². The SMILES string of the molecule is COc1cc2cccc(CN)c2cc1OC. The smallest absolute Gasteiger partial charge is 0.161 e. The molecule has 0 fully saturated rings. The molecule has 84 valence electrons. The zero-order valence-corrected chi connectivity index (χ0v) is 9.49. The third kappa shape index (κ3) is 1.70.